The van der Waals surface area contributed by atoms with Crippen LogP contribution in [0.25, 0.3) is 0 Å². The number of carbonyl (C=O) groups excluding carboxylic acids is 1. The Balaban J connectivity index is 1.66. The van der Waals surface area contributed by atoms with Crippen LogP contribution >= 0.6 is 0 Å². The number of hydrogen-bond donors (Lipinski definition) is 6. The van der Waals surface area contributed by atoms with Crippen LogP contribution in [0.2, 0.25) is 0 Å². The van der Waals surface area contributed by atoms with Crippen molar-refractivity contribution in [3.05, 3.63) is 94.1 Å². The van der Waals surface area contributed by atoms with Crippen molar-refractivity contribution >= 4 is 6.29 Å². The summed E-state index contributed by atoms with van der Waals surface area (Å²) in [6.07, 6.45) is 14.5. The molecule has 9 nitrogen and oxygen atoms in total. The van der Waals surface area contributed by atoms with Crippen molar-refractivity contribution in [1.29, 1.82) is 0 Å². The van der Waals surface area contributed by atoms with Crippen molar-refractivity contribution in [2.75, 3.05) is 47.1 Å². The van der Waals surface area contributed by atoms with Gasteiger partial charge in [-0.05, 0) is 152 Å². The third kappa shape index (κ3) is 10.9. The Morgan fingerprint density at radius 1 is 1.18 bits per heavy atom. The molecule has 56 heavy (non-hydrogen) atoms. The van der Waals surface area contributed by atoms with Gasteiger partial charge in [0.2, 0.25) is 0 Å². The molecule has 2 fully saturated rings. The number of carbonyl (C=O) groups is 1. The fourth-order valence-electron chi connectivity index (χ4n) is 10.0. The van der Waals surface area contributed by atoms with Gasteiger partial charge in [0.05, 0.1) is 18.3 Å². The highest BCUT2D eigenvalue weighted by Gasteiger charge is 2.65. The molecule has 1 spiro atoms. The van der Waals surface area contributed by atoms with Crippen LogP contribution in [0.4, 0.5) is 0 Å². The van der Waals surface area contributed by atoms with Gasteiger partial charge in [0.15, 0.2) is 0 Å². The number of ether oxygens (including phenoxy) is 2. The van der Waals surface area contributed by atoms with E-state index in [0.29, 0.717) is 83.3 Å². The fraction of sp³-hybridized carbons (Fsp3) is 0.638. The third-order valence-corrected chi connectivity index (χ3v) is 13.3. The molecule has 6 N–H and O–H groups in total. The Morgan fingerprint density at radius 2 is 1.95 bits per heavy atom. The van der Waals surface area contributed by atoms with Gasteiger partial charge in [-0.25, -0.2) is 0 Å². The van der Waals surface area contributed by atoms with E-state index >= 15 is 0 Å². The Hall–Kier alpha value is -2.73. The number of rotatable bonds is 17. The molecule has 3 aliphatic rings. The van der Waals surface area contributed by atoms with Gasteiger partial charge >= 0.3 is 0 Å². The van der Waals surface area contributed by atoms with Gasteiger partial charge in [-0.1, -0.05) is 66.3 Å². The van der Waals surface area contributed by atoms with E-state index in [1.807, 2.05) is 33.9 Å². The third-order valence-electron chi connectivity index (χ3n) is 13.3. The molecule has 0 saturated heterocycles. The van der Waals surface area contributed by atoms with Crippen molar-refractivity contribution in [3.63, 3.8) is 0 Å². The standard InChI is InChI=1S/C47H72N2O7/c1-8-56-32-39(41-20-22-47(43(41)52)42(16-11-26-50)40(35(4)31-51)19-21-46(47,54)23-25-48-6)15-9-12-33(2)38-18-17-34(3)44(53)49-45(5,24-27-55-7)30-37-14-10-13-36(28-37)29-38/h9-10,12-15,17,28,31,38,41-44,48-50,52-54H,2,8,11,16,18-27,29-30,32H2,1,3-7H3/t38-,41-,42+,43-,44-,45+,46+,47-/m1/s1. The van der Waals surface area contributed by atoms with Gasteiger partial charge in [0.25, 0.3) is 0 Å². The molecule has 1 aromatic rings. The van der Waals surface area contributed by atoms with Crippen LogP contribution in [0.5, 0.6) is 0 Å². The number of nitrogens with one attached hydrogen (secondary N) is 2. The molecule has 2 aliphatic carbocycles. The number of benzene rings is 1. The molecule has 4 rings (SSSR count). The average Bonchev–Trinajstić information content (AvgIpc) is 3.52. The van der Waals surface area contributed by atoms with Gasteiger partial charge in [0, 0.05) is 43.8 Å². The molecule has 0 amide bonds. The van der Waals surface area contributed by atoms with Crippen LogP contribution in [0, 0.1) is 23.2 Å². The minimum Gasteiger partial charge on any atom is -0.396 e. The minimum absolute atomic E-state index is 0.00617. The zero-order valence-electron chi connectivity index (χ0n) is 35.1. The van der Waals surface area contributed by atoms with Crippen LogP contribution in [-0.4, -0.2) is 97.3 Å². The summed E-state index contributed by atoms with van der Waals surface area (Å²) in [5.74, 6) is -0.399. The lowest BCUT2D eigenvalue weighted by molar-refractivity contribution is -0.180. The smallest absolute Gasteiger partial charge is 0.145 e. The maximum absolute atomic E-state index is 12.6. The summed E-state index contributed by atoms with van der Waals surface area (Å²) >= 11 is 0. The molecule has 0 radical (unpaired) electrons. The highest BCUT2D eigenvalue weighted by molar-refractivity contribution is 5.74. The molecule has 2 saturated carbocycles. The summed E-state index contributed by atoms with van der Waals surface area (Å²) in [6.45, 7) is 14.5. The summed E-state index contributed by atoms with van der Waals surface area (Å²) in [6, 6.07) is 8.71. The SMILES string of the molecule is C=C(C=CC=C(COCC)[C@H]1CC[C@]2([C@@H]1O)[C@@H](CCCO)C(=C(C)C=O)CC[C@]2(O)CCNC)[C@@H]1CC=C(C)[C@@H](O)N[C@@](C)(CCOC)Cc2cccc(c2)C1. The second-order valence-corrected chi connectivity index (χ2v) is 17.0. The summed E-state index contributed by atoms with van der Waals surface area (Å²) < 4.78 is 11.4. The number of aliphatic hydroxyl groups excluding tert-OH is 3. The van der Waals surface area contributed by atoms with Crippen molar-refractivity contribution in [1.82, 2.24) is 10.6 Å². The molecule has 8 atom stereocenters. The summed E-state index contributed by atoms with van der Waals surface area (Å²) in [7, 11) is 3.58. The second-order valence-electron chi connectivity index (χ2n) is 17.0. The van der Waals surface area contributed by atoms with E-state index in [1.165, 1.54) is 11.1 Å². The number of methoxy groups -OCH3 is 1. The van der Waals surface area contributed by atoms with E-state index in [1.54, 1.807) is 7.11 Å². The van der Waals surface area contributed by atoms with Crippen molar-refractivity contribution < 1.29 is 34.7 Å². The zero-order valence-corrected chi connectivity index (χ0v) is 35.1. The lowest BCUT2D eigenvalue weighted by Gasteiger charge is -2.57. The van der Waals surface area contributed by atoms with Crippen LogP contribution in [0.1, 0.15) is 96.6 Å². The molecule has 2 bridgehead atoms. The monoisotopic (exact) mass is 777 g/mol. The first-order valence-electron chi connectivity index (χ1n) is 21.0. The first-order valence-corrected chi connectivity index (χ1v) is 21.0. The van der Waals surface area contributed by atoms with E-state index in [2.05, 4.69) is 66.6 Å². The molecular formula is C47H72N2O7. The number of hydrogen-bond acceptors (Lipinski definition) is 9. The first kappa shape index (κ1) is 46.0. The van der Waals surface area contributed by atoms with Crippen LogP contribution in [-0.2, 0) is 27.1 Å². The van der Waals surface area contributed by atoms with Gasteiger partial charge in [-0.15, -0.1) is 0 Å². The second kappa shape index (κ2) is 21.3. The Kier molecular flexibility index (Phi) is 17.5. The first-order chi connectivity index (χ1) is 26.8. The van der Waals surface area contributed by atoms with Gasteiger partial charge < -0.3 is 35.2 Å². The molecule has 1 aliphatic heterocycles. The Morgan fingerprint density at radius 3 is 2.64 bits per heavy atom. The minimum atomic E-state index is -1.15. The number of aldehydes is 1. The van der Waals surface area contributed by atoms with E-state index in [9.17, 15) is 25.2 Å². The molecule has 0 aromatic heterocycles. The predicted octanol–water partition coefficient (Wildman–Crippen LogP) is 6.31. The molecule has 1 aromatic carbocycles. The molecule has 312 valence electrons. The van der Waals surface area contributed by atoms with Crippen LogP contribution < -0.4 is 10.6 Å². The van der Waals surface area contributed by atoms with E-state index in [0.717, 1.165) is 47.8 Å². The largest absolute Gasteiger partial charge is 0.396 e. The zero-order chi connectivity index (χ0) is 40.9. The highest BCUT2D eigenvalue weighted by Crippen LogP contribution is 2.64. The Bertz CT molecular complexity index is 1580. The lowest BCUT2D eigenvalue weighted by Crippen LogP contribution is -2.61. The highest BCUT2D eigenvalue weighted by atomic mass is 16.5. The maximum atomic E-state index is 12.6. The summed E-state index contributed by atoms with van der Waals surface area (Å²) in [5, 5.41) is 53.1. The molecular weight excluding hydrogens is 705 g/mol. The summed E-state index contributed by atoms with van der Waals surface area (Å²) in [4.78, 5) is 12.1. The maximum Gasteiger partial charge on any atom is 0.145 e. The number of aliphatic hydroxyl groups is 4. The van der Waals surface area contributed by atoms with Crippen molar-refractivity contribution in [3.8, 4) is 0 Å². The van der Waals surface area contributed by atoms with Gasteiger partial charge in [-0.3, -0.25) is 10.1 Å². The number of fused-ring (bicyclic) bond motifs is 2. The van der Waals surface area contributed by atoms with Crippen molar-refractivity contribution in [2.24, 2.45) is 23.2 Å². The molecule has 1 heterocycles. The quantitative estimate of drug-likeness (QED) is 0.0465. The van der Waals surface area contributed by atoms with Crippen LogP contribution in [0.15, 0.2) is 83.0 Å². The summed E-state index contributed by atoms with van der Waals surface area (Å²) in [5.41, 5.74) is 4.54. The van der Waals surface area contributed by atoms with E-state index in [4.69, 9.17) is 9.47 Å². The fourth-order valence-corrected chi connectivity index (χ4v) is 10.0. The average molecular weight is 777 g/mol. The predicted molar refractivity (Wildman–Crippen MR) is 225 cm³/mol. The van der Waals surface area contributed by atoms with Crippen molar-refractivity contribution in [2.45, 2.75) is 122 Å². The van der Waals surface area contributed by atoms with E-state index < -0.39 is 23.3 Å². The van der Waals surface area contributed by atoms with E-state index in [-0.39, 0.29) is 29.9 Å². The lowest BCUT2D eigenvalue weighted by atomic mass is 9.51. The topological polar surface area (TPSA) is 141 Å². The van der Waals surface area contributed by atoms with Gasteiger partial charge in [-0.2, -0.15) is 0 Å². The normalized spacial score (nSPS) is 32.6. The van der Waals surface area contributed by atoms with Crippen LogP contribution in [0.3, 0.4) is 0 Å². The number of allylic oxidation sites excluding steroid dienone is 7. The molecule has 0 unspecified atom stereocenters. The Labute approximate surface area is 337 Å². The molecule has 9 heteroatoms. The van der Waals surface area contributed by atoms with Gasteiger partial charge in [0.1, 0.15) is 12.5 Å².